The summed E-state index contributed by atoms with van der Waals surface area (Å²) in [7, 11) is 1.91. The van der Waals surface area contributed by atoms with E-state index in [0.717, 1.165) is 5.69 Å². The number of rotatable bonds is 9. The molecule has 0 spiro atoms. The first-order valence-corrected chi connectivity index (χ1v) is 10.6. The lowest BCUT2D eigenvalue weighted by Crippen LogP contribution is -2.44. The third-order valence-corrected chi connectivity index (χ3v) is 5.37. The molecule has 0 aliphatic rings. The van der Waals surface area contributed by atoms with E-state index in [1.165, 1.54) is 11.0 Å². The number of nitrogens with one attached hydrogen (secondary N) is 1. The van der Waals surface area contributed by atoms with Crippen molar-refractivity contribution in [3.05, 3.63) is 89.1 Å². The van der Waals surface area contributed by atoms with Crippen LogP contribution in [-0.2, 0) is 24.9 Å². The Kier molecular flexibility index (Phi) is 8.03. The maximum absolute atomic E-state index is 13.2. The largest absolute Gasteiger partial charge is 0.467 e. The van der Waals surface area contributed by atoms with Crippen LogP contribution in [0.4, 0.5) is 10.5 Å². The summed E-state index contributed by atoms with van der Waals surface area (Å²) in [6.45, 7) is 4.39. The number of carbonyl (C=O) groups excluding carboxylic acids is 2. The van der Waals surface area contributed by atoms with Gasteiger partial charge in [-0.2, -0.15) is 0 Å². The molecule has 168 valence electrons. The summed E-state index contributed by atoms with van der Waals surface area (Å²) in [5.74, 6) is 0.419. The number of hydrogen-bond donors (Lipinski definition) is 1. The number of anilines is 1. The lowest BCUT2D eigenvalue weighted by Gasteiger charge is -2.27. The van der Waals surface area contributed by atoms with Crippen LogP contribution in [0.1, 0.15) is 11.5 Å². The number of halogens is 2. The van der Waals surface area contributed by atoms with E-state index < -0.39 is 6.03 Å². The molecule has 3 rings (SSSR count). The average Bonchev–Trinajstić information content (AvgIpc) is 3.41. The molecule has 7 nitrogen and oxygen atoms in total. The maximum Gasteiger partial charge on any atom is 0.322 e. The van der Waals surface area contributed by atoms with Gasteiger partial charge in [-0.25, -0.2) is 4.79 Å². The fourth-order valence-corrected chi connectivity index (χ4v) is 3.56. The van der Waals surface area contributed by atoms with Gasteiger partial charge in [0.15, 0.2) is 0 Å². The van der Waals surface area contributed by atoms with Gasteiger partial charge in [0.25, 0.3) is 0 Å². The van der Waals surface area contributed by atoms with E-state index in [9.17, 15) is 9.59 Å². The third-order valence-electron chi connectivity index (χ3n) is 4.82. The molecule has 0 unspecified atom stereocenters. The van der Waals surface area contributed by atoms with Gasteiger partial charge in [0.05, 0.1) is 30.1 Å². The Balaban J connectivity index is 1.74. The molecule has 0 aliphatic carbocycles. The number of aromatic nitrogens is 1. The van der Waals surface area contributed by atoms with E-state index in [2.05, 4.69) is 11.9 Å². The number of amides is 3. The lowest BCUT2D eigenvalue weighted by atomic mass is 10.3. The van der Waals surface area contributed by atoms with Gasteiger partial charge in [-0.05, 0) is 42.5 Å². The van der Waals surface area contributed by atoms with E-state index in [0.29, 0.717) is 28.0 Å². The van der Waals surface area contributed by atoms with Crippen molar-refractivity contribution in [2.24, 2.45) is 7.05 Å². The third kappa shape index (κ3) is 6.18. The van der Waals surface area contributed by atoms with Crippen molar-refractivity contribution in [1.29, 1.82) is 0 Å². The number of hydrogen-bond acceptors (Lipinski definition) is 3. The number of furan rings is 1. The lowest BCUT2D eigenvalue weighted by molar-refractivity contribution is -0.133. The van der Waals surface area contributed by atoms with Crippen LogP contribution in [0, 0.1) is 0 Å². The highest BCUT2D eigenvalue weighted by atomic mass is 35.5. The Morgan fingerprint density at radius 3 is 2.59 bits per heavy atom. The number of urea groups is 1. The van der Waals surface area contributed by atoms with Crippen molar-refractivity contribution in [3.63, 3.8) is 0 Å². The van der Waals surface area contributed by atoms with Gasteiger partial charge >= 0.3 is 6.03 Å². The molecular weight excluding hydrogens is 451 g/mol. The van der Waals surface area contributed by atoms with Crippen LogP contribution in [-0.4, -0.2) is 39.4 Å². The van der Waals surface area contributed by atoms with Gasteiger partial charge < -0.3 is 24.1 Å². The summed E-state index contributed by atoms with van der Waals surface area (Å²) < 4.78 is 7.37. The summed E-state index contributed by atoms with van der Waals surface area (Å²) >= 11 is 12.1. The average molecular weight is 475 g/mol. The van der Waals surface area contributed by atoms with Crippen molar-refractivity contribution < 1.29 is 14.0 Å². The summed E-state index contributed by atoms with van der Waals surface area (Å²) in [6.07, 6.45) is 5.04. The second-order valence-corrected chi connectivity index (χ2v) is 8.01. The normalized spacial score (nSPS) is 10.6. The number of carbonyl (C=O) groups is 2. The molecule has 0 saturated carbocycles. The van der Waals surface area contributed by atoms with E-state index in [1.54, 1.807) is 35.4 Å². The number of nitrogens with zero attached hydrogens (tertiary/aromatic N) is 3. The van der Waals surface area contributed by atoms with Gasteiger partial charge in [-0.15, -0.1) is 6.58 Å². The van der Waals surface area contributed by atoms with Crippen molar-refractivity contribution in [2.45, 2.75) is 13.1 Å². The molecule has 1 N–H and O–H groups in total. The highest BCUT2D eigenvalue weighted by molar-refractivity contribution is 6.36. The van der Waals surface area contributed by atoms with Crippen LogP contribution in [0.5, 0.6) is 0 Å². The molecule has 0 bridgehead atoms. The summed E-state index contributed by atoms with van der Waals surface area (Å²) in [4.78, 5) is 29.1. The van der Waals surface area contributed by atoms with Crippen molar-refractivity contribution in [2.75, 3.05) is 18.4 Å². The fourth-order valence-electron chi connectivity index (χ4n) is 3.10. The first-order valence-electron chi connectivity index (χ1n) is 9.89. The monoisotopic (exact) mass is 474 g/mol. The first-order chi connectivity index (χ1) is 15.4. The van der Waals surface area contributed by atoms with Crippen LogP contribution >= 0.6 is 23.2 Å². The predicted molar refractivity (Wildman–Crippen MR) is 126 cm³/mol. The number of aryl methyl sites for hydroxylation is 1. The summed E-state index contributed by atoms with van der Waals surface area (Å²) in [5.41, 5.74) is 1.36. The molecule has 0 atom stereocenters. The molecule has 2 heterocycles. The fraction of sp³-hybridized carbons (Fsp3) is 0.217. The van der Waals surface area contributed by atoms with Crippen LogP contribution < -0.4 is 5.32 Å². The van der Waals surface area contributed by atoms with E-state index in [4.69, 9.17) is 27.6 Å². The maximum atomic E-state index is 13.2. The molecule has 32 heavy (non-hydrogen) atoms. The minimum absolute atomic E-state index is 0.145. The predicted octanol–water partition coefficient (Wildman–Crippen LogP) is 5.17. The summed E-state index contributed by atoms with van der Waals surface area (Å²) in [5, 5.41) is 3.49. The zero-order chi connectivity index (χ0) is 23.1. The molecule has 0 radical (unpaired) electrons. The van der Waals surface area contributed by atoms with Gasteiger partial charge in [-0.3, -0.25) is 4.79 Å². The highest BCUT2D eigenvalue weighted by Crippen LogP contribution is 2.25. The molecule has 0 aliphatic heterocycles. The standard InChI is InChI=1S/C23H24Cl2N4O3/c1-3-10-28(23(31)26-21-9-8-17(24)13-20(21)25)16-22(30)29(15-19-7-5-12-32-19)14-18-6-4-11-27(18)2/h3-9,11-13H,1,10,14-16H2,2H3,(H,26,31). The van der Waals surface area contributed by atoms with Crippen LogP contribution in [0.3, 0.4) is 0 Å². The first kappa shape index (κ1) is 23.5. The van der Waals surface area contributed by atoms with Crippen molar-refractivity contribution >= 4 is 40.8 Å². The van der Waals surface area contributed by atoms with Crippen LogP contribution in [0.15, 0.2) is 72.0 Å². The zero-order valence-corrected chi connectivity index (χ0v) is 19.1. The topological polar surface area (TPSA) is 70.7 Å². The molecule has 3 amide bonds. The number of benzene rings is 1. The molecule has 2 aromatic heterocycles. The Hall–Kier alpha value is -3.16. The van der Waals surface area contributed by atoms with Gasteiger partial charge in [0.2, 0.25) is 5.91 Å². The minimum atomic E-state index is -0.473. The quantitative estimate of drug-likeness (QED) is 0.434. The minimum Gasteiger partial charge on any atom is -0.467 e. The van der Waals surface area contributed by atoms with Gasteiger partial charge in [0.1, 0.15) is 12.3 Å². The van der Waals surface area contributed by atoms with Crippen molar-refractivity contribution in [1.82, 2.24) is 14.4 Å². The zero-order valence-electron chi connectivity index (χ0n) is 17.6. The van der Waals surface area contributed by atoms with Gasteiger partial charge in [-0.1, -0.05) is 29.3 Å². The second kappa shape index (κ2) is 10.9. The smallest absolute Gasteiger partial charge is 0.322 e. The van der Waals surface area contributed by atoms with E-state index >= 15 is 0 Å². The molecule has 3 aromatic rings. The van der Waals surface area contributed by atoms with E-state index in [-0.39, 0.29) is 25.5 Å². The Labute approximate surface area is 196 Å². The van der Waals surface area contributed by atoms with Crippen LogP contribution in [0.25, 0.3) is 0 Å². The Morgan fingerprint density at radius 2 is 1.97 bits per heavy atom. The summed E-state index contributed by atoms with van der Waals surface area (Å²) in [6, 6.07) is 11.7. The van der Waals surface area contributed by atoms with Gasteiger partial charge in [0, 0.05) is 30.5 Å². The SMILES string of the molecule is C=CCN(CC(=O)N(Cc1ccco1)Cc1cccn1C)C(=O)Nc1ccc(Cl)cc1Cl. The molecule has 0 fully saturated rings. The van der Waals surface area contributed by atoms with Crippen molar-refractivity contribution in [3.8, 4) is 0 Å². The Morgan fingerprint density at radius 1 is 1.16 bits per heavy atom. The molecule has 1 aromatic carbocycles. The van der Waals surface area contributed by atoms with Crippen LogP contribution in [0.2, 0.25) is 10.0 Å². The molecular formula is C23H24Cl2N4O3. The second-order valence-electron chi connectivity index (χ2n) is 7.16. The molecule has 0 saturated heterocycles. The highest BCUT2D eigenvalue weighted by Gasteiger charge is 2.23. The Bertz CT molecular complexity index is 1080. The molecule has 9 heteroatoms. The van der Waals surface area contributed by atoms with E-state index in [1.807, 2.05) is 36.0 Å².